The monoisotopic (exact) mass is 348 g/mol. The summed E-state index contributed by atoms with van der Waals surface area (Å²) in [6, 6.07) is 9.45. The molecule has 0 aliphatic carbocycles. The second kappa shape index (κ2) is 5.29. The lowest BCUT2D eigenvalue weighted by Crippen LogP contribution is -2.14. The number of benzene rings is 2. The van der Waals surface area contributed by atoms with Crippen molar-refractivity contribution < 1.29 is 13.6 Å². The van der Waals surface area contributed by atoms with Crippen molar-refractivity contribution >= 4 is 38.6 Å². The Bertz CT molecular complexity index is 825. The minimum absolute atomic E-state index is 0.0334. The number of aromatic nitrogens is 1. The highest BCUT2D eigenvalue weighted by atomic mass is 79.9. The molecule has 3 aromatic rings. The van der Waals surface area contributed by atoms with Crippen molar-refractivity contribution in [1.82, 2.24) is 4.98 Å². The number of anilines is 1. The zero-order chi connectivity index (χ0) is 15.0. The first-order valence-corrected chi connectivity index (χ1v) is 6.96. The van der Waals surface area contributed by atoms with E-state index in [0.717, 1.165) is 0 Å². The molecule has 0 saturated heterocycles. The summed E-state index contributed by atoms with van der Waals surface area (Å²) in [4.78, 5) is 16.4. The Hall–Kier alpha value is -2.21. The van der Waals surface area contributed by atoms with Crippen molar-refractivity contribution in [3.63, 3.8) is 0 Å². The number of hydrogen-bond donors (Lipinski definition) is 1. The van der Waals surface area contributed by atoms with Crippen LogP contribution in [0.4, 0.5) is 10.1 Å². The molecule has 1 N–H and O–H groups in total. The van der Waals surface area contributed by atoms with E-state index >= 15 is 0 Å². The molecule has 1 aromatic heterocycles. The van der Waals surface area contributed by atoms with Crippen molar-refractivity contribution in [2.24, 2.45) is 0 Å². The van der Waals surface area contributed by atoms with Gasteiger partial charge in [-0.2, -0.15) is 0 Å². The van der Waals surface area contributed by atoms with Crippen molar-refractivity contribution in [2.75, 3.05) is 5.32 Å². The lowest BCUT2D eigenvalue weighted by Gasteiger charge is -2.07. The second-order valence-electron chi connectivity index (χ2n) is 4.47. The first kappa shape index (κ1) is 13.8. The van der Waals surface area contributed by atoms with Crippen LogP contribution in [0.5, 0.6) is 0 Å². The predicted molar refractivity (Wildman–Crippen MR) is 80.8 cm³/mol. The quantitative estimate of drug-likeness (QED) is 0.751. The molecular weight excluding hydrogens is 339 g/mol. The zero-order valence-electron chi connectivity index (χ0n) is 11.0. The van der Waals surface area contributed by atoms with Gasteiger partial charge in [0.1, 0.15) is 11.3 Å². The minimum atomic E-state index is -0.583. The standard InChI is InChI=1S/C15H10BrFN2O2/c1-8-18-12-7-9(5-6-13(12)21-8)19-15(20)14-10(16)3-2-4-11(14)17/h2-7H,1H3,(H,19,20). The smallest absolute Gasteiger partial charge is 0.259 e. The van der Waals surface area contributed by atoms with Gasteiger partial charge < -0.3 is 9.73 Å². The van der Waals surface area contributed by atoms with Gasteiger partial charge in [0.15, 0.2) is 11.5 Å². The third-order valence-electron chi connectivity index (χ3n) is 2.94. The third-order valence-corrected chi connectivity index (χ3v) is 3.60. The van der Waals surface area contributed by atoms with Gasteiger partial charge in [-0.25, -0.2) is 9.37 Å². The Kier molecular flexibility index (Phi) is 3.47. The molecule has 3 rings (SSSR count). The number of oxazole rings is 1. The van der Waals surface area contributed by atoms with E-state index in [2.05, 4.69) is 26.2 Å². The van der Waals surface area contributed by atoms with Crippen LogP contribution >= 0.6 is 15.9 Å². The molecule has 0 unspecified atom stereocenters. The summed E-state index contributed by atoms with van der Waals surface area (Å²) < 4.78 is 19.5. The van der Waals surface area contributed by atoms with E-state index in [9.17, 15) is 9.18 Å². The van der Waals surface area contributed by atoms with Crippen LogP contribution in [0.3, 0.4) is 0 Å². The second-order valence-corrected chi connectivity index (χ2v) is 5.32. The fraction of sp³-hybridized carbons (Fsp3) is 0.0667. The molecule has 21 heavy (non-hydrogen) atoms. The number of carbonyl (C=O) groups excluding carboxylic acids is 1. The molecular formula is C15H10BrFN2O2. The highest BCUT2D eigenvalue weighted by Gasteiger charge is 2.16. The molecule has 0 saturated carbocycles. The van der Waals surface area contributed by atoms with Gasteiger partial charge in [-0.15, -0.1) is 0 Å². The number of rotatable bonds is 2. The fourth-order valence-electron chi connectivity index (χ4n) is 2.03. The number of nitrogens with one attached hydrogen (secondary N) is 1. The molecule has 0 aliphatic rings. The lowest BCUT2D eigenvalue weighted by atomic mass is 10.2. The number of nitrogens with zero attached hydrogens (tertiary/aromatic N) is 1. The summed E-state index contributed by atoms with van der Waals surface area (Å²) >= 11 is 3.18. The molecule has 0 atom stereocenters. The predicted octanol–water partition coefficient (Wildman–Crippen LogP) is 4.29. The Morgan fingerprint density at radius 1 is 1.33 bits per heavy atom. The van der Waals surface area contributed by atoms with Crippen LogP contribution < -0.4 is 5.32 Å². The van der Waals surface area contributed by atoms with E-state index in [1.165, 1.54) is 12.1 Å². The number of halogens is 2. The number of amides is 1. The SMILES string of the molecule is Cc1nc2cc(NC(=O)c3c(F)cccc3Br)ccc2o1. The molecule has 0 fully saturated rings. The number of hydrogen-bond acceptors (Lipinski definition) is 3. The van der Waals surface area contributed by atoms with Gasteiger partial charge in [0, 0.05) is 17.1 Å². The topological polar surface area (TPSA) is 55.1 Å². The van der Waals surface area contributed by atoms with Crippen LogP contribution in [-0.2, 0) is 0 Å². The summed E-state index contributed by atoms with van der Waals surface area (Å²) in [5.74, 6) is -0.565. The molecule has 0 spiro atoms. The summed E-state index contributed by atoms with van der Waals surface area (Å²) in [5.41, 5.74) is 1.76. The fourth-order valence-corrected chi connectivity index (χ4v) is 2.55. The summed E-state index contributed by atoms with van der Waals surface area (Å²) in [6.07, 6.45) is 0. The van der Waals surface area contributed by atoms with E-state index in [-0.39, 0.29) is 5.56 Å². The van der Waals surface area contributed by atoms with Crippen LogP contribution in [0, 0.1) is 12.7 Å². The molecule has 0 radical (unpaired) electrons. The molecule has 106 valence electrons. The van der Waals surface area contributed by atoms with E-state index in [1.54, 1.807) is 31.2 Å². The van der Waals surface area contributed by atoms with E-state index in [1.807, 2.05) is 0 Å². The largest absolute Gasteiger partial charge is 0.441 e. The number of fused-ring (bicyclic) bond motifs is 1. The van der Waals surface area contributed by atoms with Crippen LogP contribution in [0.2, 0.25) is 0 Å². The van der Waals surface area contributed by atoms with Crippen LogP contribution in [0.25, 0.3) is 11.1 Å². The molecule has 4 nitrogen and oxygen atoms in total. The van der Waals surface area contributed by atoms with Crippen LogP contribution in [0.1, 0.15) is 16.2 Å². The number of carbonyl (C=O) groups is 1. The van der Waals surface area contributed by atoms with E-state index in [0.29, 0.717) is 27.2 Å². The Morgan fingerprint density at radius 2 is 2.14 bits per heavy atom. The summed E-state index contributed by atoms with van der Waals surface area (Å²) in [5, 5.41) is 2.65. The van der Waals surface area contributed by atoms with Gasteiger partial charge in [0.05, 0.1) is 5.56 Å². The van der Waals surface area contributed by atoms with Crippen molar-refractivity contribution in [2.45, 2.75) is 6.92 Å². The molecule has 1 amide bonds. The van der Waals surface area contributed by atoms with Gasteiger partial charge in [-0.1, -0.05) is 6.07 Å². The maximum Gasteiger partial charge on any atom is 0.259 e. The van der Waals surface area contributed by atoms with Gasteiger partial charge in [-0.05, 0) is 46.3 Å². The third kappa shape index (κ3) is 2.67. The molecule has 1 heterocycles. The van der Waals surface area contributed by atoms with Gasteiger partial charge in [0.2, 0.25) is 0 Å². The Morgan fingerprint density at radius 3 is 2.90 bits per heavy atom. The first-order valence-electron chi connectivity index (χ1n) is 6.17. The van der Waals surface area contributed by atoms with Crippen molar-refractivity contribution in [3.05, 3.63) is 58.1 Å². The van der Waals surface area contributed by atoms with Crippen LogP contribution in [-0.4, -0.2) is 10.9 Å². The maximum absolute atomic E-state index is 13.7. The maximum atomic E-state index is 13.7. The number of aryl methyl sites for hydroxylation is 1. The molecule has 6 heteroatoms. The Balaban J connectivity index is 1.92. The van der Waals surface area contributed by atoms with Crippen molar-refractivity contribution in [1.29, 1.82) is 0 Å². The van der Waals surface area contributed by atoms with E-state index in [4.69, 9.17) is 4.42 Å². The van der Waals surface area contributed by atoms with Gasteiger partial charge in [-0.3, -0.25) is 4.79 Å². The van der Waals surface area contributed by atoms with Gasteiger partial charge in [0.25, 0.3) is 5.91 Å². The van der Waals surface area contributed by atoms with E-state index < -0.39 is 11.7 Å². The minimum Gasteiger partial charge on any atom is -0.441 e. The summed E-state index contributed by atoms with van der Waals surface area (Å²) in [6.45, 7) is 1.74. The van der Waals surface area contributed by atoms with Crippen LogP contribution in [0.15, 0.2) is 45.3 Å². The summed E-state index contributed by atoms with van der Waals surface area (Å²) in [7, 11) is 0. The molecule has 0 bridgehead atoms. The average molecular weight is 349 g/mol. The first-order chi connectivity index (χ1) is 10.0. The van der Waals surface area contributed by atoms with Gasteiger partial charge >= 0.3 is 0 Å². The Labute approximate surface area is 128 Å². The zero-order valence-corrected chi connectivity index (χ0v) is 12.6. The molecule has 0 aliphatic heterocycles. The average Bonchev–Trinajstić information content (AvgIpc) is 2.77. The van der Waals surface area contributed by atoms with Crippen molar-refractivity contribution in [3.8, 4) is 0 Å². The molecule has 2 aromatic carbocycles. The highest BCUT2D eigenvalue weighted by Crippen LogP contribution is 2.23. The highest BCUT2D eigenvalue weighted by molar-refractivity contribution is 9.10. The lowest BCUT2D eigenvalue weighted by molar-refractivity contribution is 0.102. The normalized spacial score (nSPS) is 10.8.